The van der Waals surface area contributed by atoms with E-state index in [1.165, 1.54) is 0 Å². The summed E-state index contributed by atoms with van der Waals surface area (Å²) in [6, 6.07) is 0. The largest absolute Gasteiger partial charge is 0.380 e. The van der Waals surface area contributed by atoms with E-state index in [0.29, 0.717) is 38.0 Å². The standard InChI is InChI=1S/C14H30N2O2/c1-12(2)7-10-18-11-9-16-14(17)5-4-13(3)6-8-15/h12-13H,4-11,15H2,1-3H3,(H,16,17). The number of carbonyl (C=O) groups is 1. The van der Waals surface area contributed by atoms with Crippen LogP contribution in [0, 0.1) is 11.8 Å². The molecule has 4 heteroatoms. The minimum Gasteiger partial charge on any atom is -0.380 e. The molecule has 0 aromatic rings. The van der Waals surface area contributed by atoms with Gasteiger partial charge in [-0.1, -0.05) is 20.8 Å². The van der Waals surface area contributed by atoms with Gasteiger partial charge in [-0.3, -0.25) is 4.79 Å². The Labute approximate surface area is 112 Å². The van der Waals surface area contributed by atoms with Crippen molar-refractivity contribution in [2.24, 2.45) is 17.6 Å². The van der Waals surface area contributed by atoms with E-state index in [4.69, 9.17) is 10.5 Å². The number of carbonyl (C=O) groups excluding carboxylic acids is 1. The van der Waals surface area contributed by atoms with Crippen LogP contribution in [-0.2, 0) is 9.53 Å². The van der Waals surface area contributed by atoms with Crippen LogP contribution in [0.25, 0.3) is 0 Å². The van der Waals surface area contributed by atoms with Gasteiger partial charge in [-0.2, -0.15) is 0 Å². The minimum atomic E-state index is 0.117. The van der Waals surface area contributed by atoms with Crippen molar-refractivity contribution in [1.82, 2.24) is 5.32 Å². The van der Waals surface area contributed by atoms with Gasteiger partial charge in [-0.25, -0.2) is 0 Å². The number of hydrogen-bond donors (Lipinski definition) is 2. The third-order valence-electron chi connectivity index (χ3n) is 2.93. The molecular formula is C14H30N2O2. The van der Waals surface area contributed by atoms with E-state index in [1.54, 1.807) is 0 Å². The zero-order valence-electron chi connectivity index (χ0n) is 12.2. The second-order valence-electron chi connectivity index (χ2n) is 5.37. The lowest BCUT2D eigenvalue weighted by Gasteiger charge is -2.10. The summed E-state index contributed by atoms with van der Waals surface area (Å²) in [7, 11) is 0. The fourth-order valence-corrected chi connectivity index (χ4v) is 1.58. The number of rotatable bonds is 11. The van der Waals surface area contributed by atoms with Crippen LogP contribution < -0.4 is 11.1 Å². The molecule has 1 atom stereocenters. The van der Waals surface area contributed by atoms with E-state index in [1.807, 2.05) is 0 Å². The van der Waals surface area contributed by atoms with E-state index in [-0.39, 0.29) is 5.91 Å². The van der Waals surface area contributed by atoms with Crippen LogP contribution in [-0.4, -0.2) is 32.2 Å². The lowest BCUT2D eigenvalue weighted by Crippen LogP contribution is -2.27. The quantitative estimate of drug-likeness (QED) is 0.557. The molecule has 0 radical (unpaired) electrons. The molecule has 108 valence electrons. The summed E-state index contributed by atoms with van der Waals surface area (Å²) in [5, 5.41) is 2.87. The summed E-state index contributed by atoms with van der Waals surface area (Å²) in [5.41, 5.74) is 5.47. The van der Waals surface area contributed by atoms with Gasteiger partial charge < -0.3 is 15.8 Å². The molecule has 0 fully saturated rings. The molecule has 0 aliphatic heterocycles. The molecule has 0 saturated heterocycles. The van der Waals surface area contributed by atoms with Gasteiger partial charge in [-0.15, -0.1) is 0 Å². The second kappa shape index (κ2) is 11.5. The van der Waals surface area contributed by atoms with Crippen molar-refractivity contribution in [3.63, 3.8) is 0 Å². The van der Waals surface area contributed by atoms with Gasteiger partial charge >= 0.3 is 0 Å². The van der Waals surface area contributed by atoms with Crippen LogP contribution >= 0.6 is 0 Å². The Morgan fingerprint density at radius 1 is 1.17 bits per heavy atom. The maximum absolute atomic E-state index is 11.5. The molecule has 0 aromatic heterocycles. The summed E-state index contributed by atoms with van der Waals surface area (Å²) in [6.45, 7) is 9.18. The highest BCUT2D eigenvalue weighted by molar-refractivity contribution is 5.75. The van der Waals surface area contributed by atoms with E-state index < -0.39 is 0 Å². The zero-order valence-corrected chi connectivity index (χ0v) is 12.2. The molecule has 0 aliphatic carbocycles. The molecule has 18 heavy (non-hydrogen) atoms. The lowest BCUT2D eigenvalue weighted by molar-refractivity contribution is -0.121. The summed E-state index contributed by atoms with van der Waals surface area (Å²) in [4.78, 5) is 11.5. The Morgan fingerprint density at radius 2 is 1.89 bits per heavy atom. The molecule has 0 saturated carbocycles. The van der Waals surface area contributed by atoms with E-state index in [0.717, 1.165) is 25.9 Å². The van der Waals surface area contributed by atoms with Gasteiger partial charge in [-0.05, 0) is 37.6 Å². The lowest BCUT2D eigenvalue weighted by atomic mass is 10.0. The van der Waals surface area contributed by atoms with Gasteiger partial charge in [0, 0.05) is 19.6 Å². The Balaban J connectivity index is 3.32. The predicted octanol–water partition coefficient (Wildman–Crippen LogP) is 1.93. The summed E-state index contributed by atoms with van der Waals surface area (Å²) >= 11 is 0. The predicted molar refractivity (Wildman–Crippen MR) is 75.4 cm³/mol. The minimum absolute atomic E-state index is 0.117. The van der Waals surface area contributed by atoms with Crippen LogP contribution in [0.1, 0.15) is 46.5 Å². The highest BCUT2D eigenvalue weighted by Crippen LogP contribution is 2.08. The van der Waals surface area contributed by atoms with Crippen LogP contribution in [0.3, 0.4) is 0 Å². The highest BCUT2D eigenvalue weighted by atomic mass is 16.5. The molecule has 0 rings (SSSR count). The monoisotopic (exact) mass is 258 g/mol. The molecule has 1 unspecified atom stereocenters. The second-order valence-corrected chi connectivity index (χ2v) is 5.37. The fraction of sp³-hybridized carbons (Fsp3) is 0.929. The first-order valence-corrected chi connectivity index (χ1v) is 7.10. The number of amides is 1. The molecule has 4 nitrogen and oxygen atoms in total. The smallest absolute Gasteiger partial charge is 0.220 e. The number of ether oxygens (including phenoxy) is 1. The average Bonchev–Trinajstić information content (AvgIpc) is 2.31. The first-order chi connectivity index (χ1) is 8.56. The Bertz CT molecular complexity index is 208. The van der Waals surface area contributed by atoms with E-state index >= 15 is 0 Å². The third-order valence-corrected chi connectivity index (χ3v) is 2.93. The number of hydrogen-bond acceptors (Lipinski definition) is 3. The third kappa shape index (κ3) is 11.9. The van der Waals surface area contributed by atoms with Crippen molar-refractivity contribution in [1.29, 1.82) is 0 Å². The highest BCUT2D eigenvalue weighted by Gasteiger charge is 2.05. The van der Waals surface area contributed by atoms with Crippen molar-refractivity contribution in [2.45, 2.75) is 46.5 Å². The normalized spacial score (nSPS) is 12.7. The van der Waals surface area contributed by atoms with Crippen molar-refractivity contribution < 1.29 is 9.53 Å². The van der Waals surface area contributed by atoms with Crippen molar-refractivity contribution in [3.05, 3.63) is 0 Å². The Hall–Kier alpha value is -0.610. The van der Waals surface area contributed by atoms with Crippen LogP contribution in [0.2, 0.25) is 0 Å². The summed E-state index contributed by atoms with van der Waals surface area (Å²) in [6.07, 6.45) is 3.57. The average molecular weight is 258 g/mol. The molecule has 1 amide bonds. The van der Waals surface area contributed by atoms with E-state index in [9.17, 15) is 4.79 Å². The number of nitrogens with two attached hydrogens (primary N) is 1. The van der Waals surface area contributed by atoms with Crippen LogP contribution in [0.4, 0.5) is 0 Å². The molecule has 0 heterocycles. The molecule has 0 aliphatic rings. The van der Waals surface area contributed by atoms with Crippen LogP contribution in [0.15, 0.2) is 0 Å². The fourth-order valence-electron chi connectivity index (χ4n) is 1.58. The summed E-state index contributed by atoms with van der Waals surface area (Å²) < 4.78 is 5.43. The Kier molecular flexibility index (Phi) is 11.1. The first kappa shape index (κ1) is 17.4. The summed E-state index contributed by atoms with van der Waals surface area (Å²) in [5.74, 6) is 1.32. The molecular weight excluding hydrogens is 228 g/mol. The molecule has 0 aromatic carbocycles. The topological polar surface area (TPSA) is 64.3 Å². The zero-order chi connectivity index (χ0) is 13.8. The molecule has 0 spiro atoms. The Morgan fingerprint density at radius 3 is 2.50 bits per heavy atom. The SMILES string of the molecule is CC(C)CCOCCNC(=O)CCC(C)CCN. The molecule has 3 N–H and O–H groups in total. The molecule has 0 bridgehead atoms. The van der Waals surface area contributed by atoms with Crippen molar-refractivity contribution in [3.8, 4) is 0 Å². The van der Waals surface area contributed by atoms with Gasteiger partial charge in [0.1, 0.15) is 0 Å². The van der Waals surface area contributed by atoms with Crippen molar-refractivity contribution >= 4 is 5.91 Å². The van der Waals surface area contributed by atoms with Crippen molar-refractivity contribution in [2.75, 3.05) is 26.3 Å². The maximum atomic E-state index is 11.5. The van der Waals surface area contributed by atoms with Gasteiger partial charge in [0.25, 0.3) is 0 Å². The van der Waals surface area contributed by atoms with E-state index in [2.05, 4.69) is 26.1 Å². The number of nitrogens with one attached hydrogen (secondary N) is 1. The maximum Gasteiger partial charge on any atom is 0.220 e. The first-order valence-electron chi connectivity index (χ1n) is 7.10. The van der Waals surface area contributed by atoms with Crippen LogP contribution in [0.5, 0.6) is 0 Å². The van der Waals surface area contributed by atoms with Gasteiger partial charge in [0.2, 0.25) is 5.91 Å². The van der Waals surface area contributed by atoms with Gasteiger partial charge in [0.15, 0.2) is 0 Å². The van der Waals surface area contributed by atoms with Gasteiger partial charge in [0.05, 0.1) is 6.61 Å².